The number of methoxy groups -OCH3 is 1. The summed E-state index contributed by atoms with van der Waals surface area (Å²) in [7, 11) is 1.56. The van der Waals surface area contributed by atoms with E-state index in [2.05, 4.69) is 15.8 Å². The number of benzene rings is 1. The maximum atomic E-state index is 12.3. The third-order valence-electron chi connectivity index (χ3n) is 4.08. The van der Waals surface area contributed by atoms with Crippen LogP contribution in [-0.2, 0) is 12.8 Å². The summed E-state index contributed by atoms with van der Waals surface area (Å²) in [6, 6.07) is 6.38. The van der Waals surface area contributed by atoms with Gasteiger partial charge in [-0.05, 0) is 42.7 Å². The first-order valence-electron chi connectivity index (χ1n) is 7.88. The van der Waals surface area contributed by atoms with Crippen molar-refractivity contribution in [3.63, 3.8) is 0 Å². The molecule has 1 aromatic carbocycles. The smallest absolute Gasteiger partial charge is 0.324 e. The largest absolute Gasteiger partial charge is 0.497 e. The number of thiophene rings is 1. The predicted octanol–water partition coefficient (Wildman–Crippen LogP) is 2.82. The lowest BCUT2D eigenvalue weighted by Gasteiger charge is -2.13. The highest BCUT2D eigenvalue weighted by Crippen LogP contribution is 2.37. The van der Waals surface area contributed by atoms with Gasteiger partial charge in [-0.2, -0.15) is 0 Å². The van der Waals surface area contributed by atoms with E-state index in [1.807, 2.05) is 0 Å². The van der Waals surface area contributed by atoms with E-state index in [-0.39, 0.29) is 0 Å². The van der Waals surface area contributed by atoms with Gasteiger partial charge in [0.05, 0.1) is 18.4 Å². The molecule has 0 aliphatic heterocycles. The molecule has 1 aliphatic rings. The number of carbonyl (C=O) groups excluding carboxylic acids is 2. The van der Waals surface area contributed by atoms with Gasteiger partial charge >= 0.3 is 6.03 Å². The summed E-state index contributed by atoms with van der Waals surface area (Å²) < 4.78 is 5.07. The Morgan fingerprint density at radius 3 is 2.58 bits per heavy atom. The van der Waals surface area contributed by atoms with Crippen molar-refractivity contribution in [3.05, 3.63) is 40.3 Å². The summed E-state index contributed by atoms with van der Waals surface area (Å²) in [6.45, 7) is 0. The van der Waals surface area contributed by atoms with Crippen LogP contribution in [0.1, 0.15) is 27.2 Å². The van der Waals surface area contributed by atoms with Crippen LogP contribution in [0.4, 0.5) is 15.5 Å². The third-order valence-corrected chi connectivity index (χ3v) is 5.23. The van der Waals surface area contributed by atoms with E-state index in [0.717, 1.165) is 10.4 Å². The molecule has 1 aliphatic carbocycles. The van der Waals surface area contributed by atoms with Gasteiger partial charge in [-0.3, -0.25) is 10.1 Å². The minimum absolute atomic E-state index is 0.326. The molecule has 5 N–H and O–H groups in total. The number of nitrogens with one attached hydrogen (secondary N) is 2. The van der Waals surface area contributed by atoms with Crippen LogP contribution >= 0.6 is 11.3 Å². The Kier molecular flexibility index (Phi) is 5.08. The SMILES string of the molecule is COc1ccc(NC(=O)Nc2sc3c(c2C(N)=O)CC/C(=N\O)C3)cc1. The molecule has 26 heavy (non-hydrogen) atoms. The minimum atomic E-state index is -0.591. The number of ether oxygens (including phenoxy) is 1. The van der Waals surface area contributed by atoms with Gasteiger partial charge in [-0.15, -0.1) is 11.3 Å². The highest BCUT2D eigenvalue weighted by molar-refractivity contribution is 7.17. The monoisotopic (exact) mass is 374 g/mol. The standard InChI is InChI=1S/C17H18N4O4S/c1-25-11-5-2-9(3-6-11)19-17(23)20-16-14(15(18)22)12-7-4-10(21-24)8-13(12)26-16/h2-3,5-6,24H,4,7-8H2,1H3,(H2,18,22)(H2,19,20,23)/b21-10+. The molecular formula is C17H18N4O4S. The maximum Gasteiger partial charge on any atom is 0.324 e. The van der Waals surface area contributed by atoms with Crippen molar-refractivity contribution in [1.29, 1.82) is 0 Å². The van der Waals surface area contributed by atoms with Gasteiger partial charge in [0.1, 0.15) is 10.8 Å². The molecule has 0 fully saturated rings. The summed E-state index contributed by atoms with van der Waals surface area (Å²) >= 11 is 1.27. The van der Waals surface area contributed by atoms with Crippen LogP contribution in [0.3, 0.4) is 0 Å². The number of anilines is 2. The van der Waals surface area contributed by atoms with Crippen LogP contribution in [0.15, 0.2) is 29.4 Å². The molecule has 136 valence electrons. The summed E-state index contributed by atoms with van der Waals surface area (Å²) in [5.74, 6) is 0.0888. The Balaban J connectivity index is 1.79. The Morgan fingerprint density at radius 1 is 1.23 bits per heavy atom. The number of hydrogen-bond donors (Lipinski definition) is 4. The molecule has 0 bridgehead atoms. The second-order valence-electron chi connectivity index (χ2n) is 5.72. The summed E-state index contributed by atoms with van der Waals surface area (Å²) in [6.07, 6.45) is 1.54. The quantitative estimate of drug-likeness (QED) is 0.485. The van der Waals surface area contributed by atoms with Crippen molar-refractivity contribution in [1.82, 2.24) is 0 Å². The lowest BCUT2D eigenvalue weighted by molar-refractivity contribution is 0.100. The molecule has 0 radical (unpaired) electrons. The number of carbonyl (C=O) groups is 2. The lowest BCUT2D eigenvalue weighted by Crippen LogP contribution is -2.22. The first kappa shape index (κ1) is 17.7. The molecule has 8 nitrogen and oxygen atoms in total. The molecule has 2 aromatic rings. The summed E-state index contributed by atoms with van der Waals surface area (Å²) in [5.41, 5.74) is 7.88. The molecule has 1 aromatic heterocycles. The van der Waals surface area contributed by atoms with Crippen molar-refractivity contribution in [2.75, 3.05) is 17.7 Å². The first-order chi connectivity index (χ1) is 12.5. The molecule has 0 unspecified atom stereocenters. The van der Waals surface area contributed by atoms with E-state index < -0.39 is 11.9 Å². The van der Waals surface area contributed by atoms with E-state index in [1.54, 1.807) is 31.4 Å². The Morgan fingerprint density at radius 2 is 1.96 bits per heavy atom. The van der Waals surface area contributed by atoms with Gasteiger partial charge in [0.15, 0.2) is 0 Å². The Hall–Kier alpha value is -3.07. The number of amides is 3. The Bertz CT molecular complexity index is 874. The topological polar surface area (TPSA) is 126 Å². The number of nitrogens with zero attached hydrogens (tertiary/aromatic N) is 1. The van der Waals surface area contributed by atoms with Gasteiger partial charge < -0.3 is 21.0 Å². The van der Waals surface area contributed by atoms with Crippen molar-refractivity contribution >= 4 is 39.7 Å². The van der Waals surface area contributed by atoms with E-state index in [0.29, 0.717) is 47.0 Å². The van der Waals surface area contributed by atoms with Crippen molar-refractivity contribution in [2.45, 2.75) is 19.3 Å². The second-order valence-corrected chi connectivity index (χ2v) is 6.83. The third kappa shape index (κ3) is 3.62. The molecule has 3 rings (SSSR count). The van der Waals surface area contributed by atoms with Crippen LogP contribution in [0.25, 0.3) is 0 Å². The fourth-order valence-corrected chi connectivity index (χ4v) is 4.12. The number of primary amides is 1. The van der Waals surface area contributed by atoms with Gasteiger partial charge in [-0.25, -0.2) is 4.79 Å². The predicted molar refractivity (Wildman–Crippen MR) is 99.7 cm³/mol. The highest BCUT2D eigenvalue weighted by atomic mass is 32.1. The van der Waals surface area contributed by atoms with Gasteiger partial charge in [0.25, 0.3) is 5.91 Å². The maximum absolute atomic E-state index is 12.3. The number of urea groups is 1. The van der Waals surface area contributed by atoms with Crippen LogP contribution in [0.5, 0.6) is 5.75 Å². The molecule has 0 spiro atoms. The van der Waals surface area contributed by atoms with E-state index >= 15 is 0 Å². The van der Waals surface area contributed by atoms with Crippen molar-refractivity contribution in [3.8, 4) is 5.75 Å². The minimum Gasteiger partial charge on any atom is -0.497 e. The lowest BCUT2D eigenvalue weighted by atomic mass is 9.94. The zero-order valence-corrected chi connectivity index (χ0v) is 14.9. The number of nitrogens with two attached hydrogens (primary N) is 1. The zero-order valence-electron chi connectivity index (χ0n) is 14.0. The normalized spacial score (nSPS) is 14.6. The molecular weight excluding hydrogens is 356 g/mol. The average Bonchev–Trinajstić information content (AvgIpc) is 2.99. The molecule has 9 heteroatoms. The van der Waals surface area contributed by atoms with E-state index in [9.17, 15) is 9.59 Å². The average molecular weight is 374 g/mol. The van der Waals surface area contributed by atoms with Crippen molar-refractivity contribution < 1.29 is 19.5 Å². The van der Waals surface area contributed by atoms with Gasteiger partial charge in [0, 0.05) is 17.0 Å². The molecule has 1 heterocycles. The molecule has 0 atom stereocenters. The zero-order chi connectivity index (χ0) is 18.7. The van der Waals surface area contributed by atoms with Crippen LogP contribution in [0, 0.1) is 0 Å². The van der Waals surface area contributed by atoms with E-state index in [1.165, 1.54) is 11.3 Å². The van der Waals surface area contributed by atoms with Crippen LogP contribution in [-0.4, -0.2) is 30.0 Å². The van der Waals surface area contributed by atoms with E-state index in [4.69, 9.17) is 15.7 Å². The fourth-order valence-electron chi connectivity index (χ4n) is 2.84. The van der Waals surface area contributed by atoms with Crippen LogP contribution < -0.4 is 21.1 Å². The number of oxime groups is 1. The van der Waals surface area contributed by atoms with Gasteiger partial charge in [-0.1, -0.05) is 5.16 Å². The first-order valence-corrected chi connectivity index (χ1v) is 8.69. The number of fused-ring (bicyclic) bond motifs is 1. The fraction of sp³-hybridized carbons (Fsp3) is 0.235. The molecule has 3 amide bonds. The van der Waals surface area contributed by atoms with Crippen LogP contribution in [0.2, 0.25) is 0 Å². The van der Waals surface area contributed by atoms with Crippen molar-refractivity contribution in [2.24, 2.45) is 10.9 Å². The number of hydrogen-bond acceptors (Lipinski definition) is 6. The molecule has 0 saturated heterocycles. The summed E-state index contributed by atoms with van der Waals surface area (Å²) in [4.78, 5) is 25.0. The Labute approximate surface area is 153 Å². The summed E-state index contributed by atoms with van der Waals surface area (Å²) in [5, 5.41) is 18.0. The van der Waals surface area contributed by atoms with Gasteiger partial charge in [0.2, 0.25) is 0 Å². The number of rotatable bonds is 4. The molecule has 0 saturated carbocycles. The second kappa shape index (κ2) is 7.44. The highest BCUT2D eigenvalue weighted by Gasteiger charge is 2.27.